The second-order valence-electron chi connectivity index (χ2n) is 6.25. The molecule has 142 valence electrons. The Bertz CT molecular complexity index is 810. The number of hydrogen-bond acceptors (Lipinski definition) is 5. The maximum atomic E-state index is 13.1. The molecule has 1 N–H and O–H groups in total. The van der Waals surface area contributed by atoms with Crippen LogP contribution in [-0.2, 0) is 16.0 Å². The Kier molecular flexibility index (Phi) is 6.26. The lowest BCUT2D eigenvalue weighted by molar-refractivity contribution is -0.384. The number of nitro benzene ring substituents is 1. The maximum Gasteiger partial charge on any atom is 0.271 e. The van der Waals surface area contributed by atoms with Gasteiger partial charge in [-0.25, -0.2) is 0 Å². The Balaban J connectivity index is 1.82. The third-order valence-electron chi connectivity index (χ3n) is 4.40. The van der Waals surface area contributed by atoms with Crippen molar-refractivity contribution < 1.29 is 14.5 Å². The Morgan fingerprint density at radius 2 is 1.93 bits per heavy atom. The number of anilines is 1. The molecule has 1 unspecified atom stereocenters. The van der Waals surface area contributed by atoms with Crippen molar-refractivity contribution in [2.45, 2.75) is 12.5 Å². The highest BCUT2D eigenvalue weighted by atomic mass is 35.5. The summed E-state index contributed by atoms with van der Waals surface area (Å²) in [7, 11) is 0. The van der Waals surface area contributed by atoms with E-state index in [1.165, 1.54) is 18.2 Å². The number of ether oxygens (including phenoxy) is 1. The van der Waals surface area contributed by atoms with Crippen LogP contribution in [0.1, 0.15) is 5.56 Å². The van der Waals surface area contributed by atoms with Crippen LogP contribution < -0.4 is 5.32 Å². The molecule has 27 heavy (non-hydrogen) atoms. The minimum Gasteiger partial charge on any atom is -0.378 e. The molecule has 1 aliphatic heterocycles. The molecular formula is C19H20ClN3O4. The summed E-state index contributed by atoms with van der Waals surface area (Å²) in [5.41, 5.74) is 1.41. The van der Waals surface area contributed by atoms with Gasteiger partial charge in [0.2, 0.25) is 5.91 Å². The predicted molar refractivity (Wildman–Crippen MR) is 103 cm³/mol. The first-order chi connectivity index (χ1) is 13.0. The largest absolute Gasteiger partial charge is 0.378 e. The fraction of sp³-hybridized carbons (Fsp3) is 0.316. The van der Waals surface area contributed by atoms with Crippen LogP contribution in [0.5, 0.6) is 0 Å². The standard InChI is InChI=1S/C19H20ClN3O4/c20-16-13-15(23(25)26)6-7-17(16)21-18(12-14-4-2-1-3-5-14)19(24)22-8-10-27-11-9-22/h1-7,13,18,21H,8-12H2. The van der Waals surface area contributed by atoms with E-state index in [1.807, 2.05) is 30.3 Å². The number of carbonyl (C=O) groups is 1. The molecule has 0 radical (unpaired) electrons. The average Bonchev–Trinajstić information content (AvgIpc) is 2.69. The number of morpholine rings is 1. The summed E-state index contributed by atoms with van der Waals surface area (Å²) in [6.45, 7) is 2.11. The zero-order valence-electron chi connectivity index (χ0n) is 14.6. The fourth-order valence-corrected chi connectivity index (χ4v) is 3.21. The van der Waals surface area contributed by atoms with Crippen LogP contribution in [0.25, 0.3) is 0 Å². The highest BCUT2D eigenvalue weighted by Gasteiger charge is 2.27. The Hall–Kier alpha value is -2.64. The molecule has 0 saturated carbocycles. The second kappa shape index (κ2) is 8.83. The van der Waals surface area contributed by atoms with Gasteiger partial charge in [0.1, 0.15) is 6.04 Å². The number of nitro groups is 1. The molecule has 3 rings (SSSR count). The Morgan fingerprint density at radius 3 is 2.56 bits per heavy atom. The molecule has 0 spiro atoms. The average molecular weight is 390 g/mol. The van der Waals surface area contributed by atoms with E-state index in [0.717, 1.165) is 5.56 Å². The van der Waals surface area contributed by atoms with Gasteiger partial charge in [-0.1, -0.05) is 41.9 Å². The van der Waals surface area contributed by atoms with Crippen molar-refractivity contribution in [1.82, 2.24) is 4.90 Å². The molecule has 2 aromatic carbocycles. The molecule has 1 saturated heterocycles. The van der Waals surface area contributed by atoms with Crippen molar-refractivity contribution >= 4 is 28.9 Å². The van der Waals surface area contributed by atoms with Crippen LogP contribution in [0.2, 0.25) is 5.02 Å². The lowest BCUT2D eigenvalue weighted by atomic mass is 10.0. The number of non-ortho nitro benzene ring substituents is 1. The van der Waals surface area contributed by atoms with Gasteiger partial charge in [0, 0.05) is 31.6 Å². The molecule has 2 aromatic rings. The summed E-state index contributed by atoms with van der Waals surface area (Å²) < 4.78 is 5.32. The van der Waals surface area contributed by atoms with E-state index >= 15 is 0 Å². The normalized spacial score (nSPS) is 15.2. The number of hydrogen-bond donors (Lipinski definition) is 1. The van der Waals surface area contributed by atoms with E-state index in [0.29, 0.717) is 38.4 Å². The van der Waals surface area contributed by atoms with Crippen LogP contribution in [0.3, 0.4) is 0 Å². The number of rotatable bonds is 6. The molecule has 1 atom stereocenters. The highest BCUT2D eigenvalue weighted by molar-refractivity contribution is 6.33. The summed E-state index contributed by atoms with van der Waals surface area (Å²) in [6.07, 6.45) is 0.477. The number of carbonyl (C=O) groups excluding carboxylic acids is 1. The third kappa shape index (κ3) is 4.96. The zero-order chi connectivity index (χ0) is 19.2. The minimum atomic E-state index is -0.538. The van der Waals surface area contributed by atoms with E-state index in [9.17, 15) is 14.9 Å². The number of halogens is 1. The topological polar surface area (TPSA) is 84.7 Å². The first-order valence-corrected chi connectivity index (χ1v) is 9.03. The number of benzene rings is 2. The molecule has 0 bridgehead atoms. The van der Waals surface area contributed by atoms with Gasteiger partial charge in [0.05, 0.1) is 28.8 Å². The van der Waals surface area contributed by atoms with E-state index < -0.39 is 11.0 Å². The van der Waals surface area contributed by atoms with Crippen molar-refractivity contribution in [3.63, 3.8) is 0 Å². The predicted octanol–water partition coefficient (Wildman–Crippen LogP) is 3.13. The van der Waals surface area contributed by atoms with Gasteiger partial charge in [-0.3, -0.25) is 14.9 Å². The lowest BCUT2D eigenvalue weighted by Crippen LogP contribution is -2.48. The van der Waals surface area contributed by atoms with E-state index in [1.54, 1.807) is 4.90 Å². The molecule has 0 aromatic heterocycles. The van der Waals surface area contributed by atoms with Gasteiger partial charge >= 0.3 is 0 Å². The quantitative estimate of drug-likeness (QED) is 0.606. The molecule has 1 amide bonds. The molecule has 7 nitrogen and oxygen atoms in total. The van der Waals surface area contributed by atoms with Crippen molar-refractivity contribution in [2.75, 3.05) is 31.6 Å². The molecule has 8 heteroatoms. The summed E-state index contributed by atoms with van der Waals surface area (Å²) in [5.74, 6) is -0.0448. The summed E-state index contributed by atoms with van der Waals surface area (Å²) in [5, 5.41) is 14.3. The van der Waals surface area contributed by atoms with E-state index in [4.69, 9.17) is 16.3 Å². The summed E-state index contributed by atoms with van der Waals surface area (Å²) in [6, 6.07) is 13.3. The molecule has 1 fully saturated rings. The first-order valence-electron chi connectivity index (χ1n) is 8.65. The maximum absolute atomic E-state index is 13.1. The highest BCUT2D eigenvalue weighted by Crippen LogP contribution is 2.28. The monoisotopic (exact) mass is 389 g/mol. The zero-order valence-corrected chi connectivity index (χ0v) is 15.4. The lowest BCUT2D eigenvalue weighted by Gasteiger charge is -2.31. The number of nitrogens with zero attached hydrogens (tertiary/aromatic N) is 2. The first kappa shape index (κ1) is 19.1. The van der Waals surface area contributed by atoms with Crippen LogP contribution in [-0.4, -0.2) is 48.1 Å². The van der Waals surface area contributed by atoms with Crippen LogP contribution in [0, 0.1) is 10.1 Å². The van der Waals surface area contributed by atoms with Gasteiger partial charge in [-0.05, 0) is 11.6 Å². The van der Waals surface area contributed by atoms with Crippen molar-refractivity contribution in [3.8, 4) is 0 Å². The Morgan fingerprint density at radius 1 is 1.22 bits per heavy atom. The molecule has 0 aliphatic carbocycles. The van der Waals surface area contributed by atoms with Gasteiger partial charge < -0.3 is 15.0 Å². The van der Waals surface area contributed by atoms with Crippen LogP contribution in [0.15, 0.2) is 48.5 Å². The van der Waals surface area contributed by atoms with Gasteiger partial charge in [-0.15, -0.1) is 0 Å². The SMILES string of the molecule is O=C(C(Cc1ccccc1)Nc1ccc([N+](=O)[O-])cc1Cl)N1CCOCC1. The van der Waals surface area contributed by atoms with Crippen molar-refractivity contribution in [1.29, 1.82) is 0 Å². The fourth-order valence-electron chi connectivity index (χ4n) is 2.98. The Labute approximate surface area is 162 Å². The smallest absolute Gasteiger partial charge is 0.271 e. The van der Waals surface area contributed by atoms with Gasteiger partial charge in [0.15, 0.2) is 0 Å². The van der Waals surface area contributed by atoms with Crippen LogP contribution in [0.4, 0.5) is 11.4 Å². The number of nitrogens with one attached hydrogen (secondary N) is 1. The second-order valence-corrected chi connectivity index (χ2v) is 6.65. The van der Waals surface area contributed by atoms with Gasteiger partial charge in [-0.2, -0.15) is 0 Å². The third-order valence-corrected chi connectivity index (χ3v) is 4.71. The molecular weight excluding hydrogens is 370 g/mol. The minimum absolute atomic E-state index is 0.0448. The van der Waals surface area contributed by atoms with Crippen LogP contribution >= 0.6 is 11.6 Å². The van der Waals surface area contributed by atoms with E-state index in [-0.39, 0.29) is 16.6 Å². The van der Waals surface area contributed by atoms with Crippen molar-refractivity contribution in [2.24, 2.45) is 0 Å². The summed E-state index contributed by atoms with van der Waals surface area (Å²) in [4.78, 5) is 25.2. The van der Waals surface area contributed by atoms with Crippen molar-refractivity contribution in [3.05, 3.63) is 69.2 Å². The number of amides is 1. The van der Waals surface area contributed by atoms with E-state index in [2.05, 4.69) is 5.32 Å². The summed E-state index contributed by atoms with van der Waals surface area (Å²) >= 11 is 6.20. The molecule has 1 aliphatic rings. The van der Waals surface area contributed by atoms with Gasteiger partial charge in [0.25, 0.3) is 5.69 Å². The molecule has 1 heterocycles.